The maximum absolute atomic E-state index is 12.5. The molecule has 0 aliphatic carbocycles. The van der Waals surface area contributed by atoms with Crippen LogP contribution in [0.1, 0.15) is 17.5 Å². The summed E-state index contributed by atoms with van der Waals surface area (Å²) in [5.74, 6) is -0.633. The van der Waals surface area contributed by atoms with E-state index in [1.165, 1.54) is 0 Å². The number of carbonyl (C=O) groups excluding carboxylic acids is 2. The van der Waals surface area contributed by atoms with Crippen LogP contribution in [-0.4, -0.2) is 34.8 Å². The lowest BCUT2D eigenvalue weighted by molar-refractivity contribution is -0.147. The number of para-hydroxylation sites is 2. The van der Waals surface area contributed by atoms with Crippen LogP contribution in [0.25, 0.3) is 5.69 Å². The molecule has 0 unspecified atom stereocenters. The summed E-state index contributed by atoms with van der Waals surface area (Å²) in [5.41, 5.74) is 3.73. The van der Waals surface area contributed by atoms with Crippen LogP contribution in [0.15, 0.2) is 67.0 Å². The molecule has 1 amide bonds. The molecule has 0 spiro atoms. The molecule has 0 bridgehead atoms. The third-order valence-electron chi connectivity index (χ3n) is 4.77. The lowest BCUT2D eigenvalue weighted by atomic mass is 10.0. The number of aromatic nitrogens is 2. The van der Waals surface area contributed by atoms with E-state index in [9.17, 15) is 9.59 Å². The van der Waals surface area contributed by atoms with Gasteiger partial charge in [-0.1, -0.05) is 36.4 Å². The normalized spacial score (nSPS) is 13.1. The molecule has 0 atom stereocenters. The highest BCUT2D eigenvalue weighted by Gasteiger charge is 2.23. The average molecular weight is 375 g/mol. The van der Waals surface area contributed by atoms with Gasteiger partial charge in [0.15, 0.2) is 6.61 Å². The topological polar surface area (TPSA) is 64.4 Å². The fourth-order valence-corrected chi connectivity index (χ4v) is 3.40. The van der Waals surface area contributed by atoms with Crippen molar-refractivity contribution in [2.45, 2.75) is 19.3 Å². The van der Waals surface area contributed by atoms with Crippen LogP contribution >= 0.6 is 0 Å². The van der Waals surface area contributed by atoms with Crippen molar-refractivity contribution in [1.29, 1.82) is 0 Å². The number of esters is 1. The number of nitrogens with zero attached hydrogens (tertiary/aromatic N) is 3. The van der Waals surface area contributed by atoms with Gasteiger partial charge in [-0.25, -0.2) is 4.68 Å². The Labute approximate surface area is 163 Å². The van der Waals surface area contributed by atoms with E-state index < -0.39 is 5.97 Å². The van der Waals surface area contributed by atoms with Crippen LogP contribution in [0.5, 0.6) is 0 Å². The first-order chi connectivity index (χ1) is 13.7. The van der Waals surface area contributed by atoms with Crippen molar-refractivity contribution in [2.75, 3.05) is 18.1 Å². The summed E-state index contributed by atoms with van der Waals surface area (Å²) in [7, 11) is 0. The molecule has 0 saturated heterocycles. The Bertz CT molecular complexity index is 981. The van der Waals surface area contributed by atoms with Gasteiger partial charge < -0.3 is 9.64 Å². The van der Waals surface area contributed by atoms with E-state index in [4.69, 9.17) is 4.74 Å². The summed E-state index contributed by atoms with van der Waals surface area (Å²) in [6.45, 7) is 0.400. The quantitative estimate of drug-likeness (QED) is 0.643. The van der Waals surface area contributed by atoms with Gasteiger partial charge in [0.1, 0.15) is 0 Å². The van der Waals surface area contributed by atoms with E-state index in [0.717, 1.165) is 35.3 Å². The third-order valence-corrected chi connectivity index (χ3v) is 4.77. The van der Waals surface area contributed by atoms with E-state index in [-0.39, 0.29) is 18.9 Å². The number of aryl methyl sites for hydroxylation is 1. The van der Waals surface area contributed by atoms with Crippen molar-refractivity contribution in [3.63, 3.8) is 0 Å². The van der Waals surface area contributed by atoms with E-state index in [1.807, 2.05) is 54.6 Å². The highest BCUT2D eigenvalue weighted by Crippen LogP contribution is 2.26. The second-order valence-electron chi connectivity index (χ2n) is 6.74. The Morgan fingerprint density at radius 3 is 2.68 bits per heavy atom. The molecule has 1 aliphatic rings. The molecule has 142 valence electrons. The molecule has 3 aromatic rings. The summed E-state index contributed by atoms with van der Waals surface area (Å²) < 4.78 is 6.93. The van der Waals surface area contributed by atoms with E-state index in [1.54, 1.807) is 22.0 Å². The minimum absolute atomic E-state index is 0.0801. The third kappa shape index (κ3) is 3.96. The van der Waals surface area contributed by atoms with Crippen LogP contribution in [0.2, 0.25) is 0 Å². The molecule has 0 fully saturated rings. The second-order valence-corrected chi connectivity index (χ2v) is 6.74. The number of rotatable bonds is 5. The predicted molar refractivity (Wildman–Crippen MR) is 105 cm³/mol. The molecule has 1 aromatic heterocycles. The maximum atomic E-state index is 12.5. The Balaban J connectivity index is 1.33. The molecule has 0 radical (unpaired) electrons. The molecule has 2 heterocycles. The number of ether oxygens (including phenoxy) is 1. The van der Waals surface area contributed by atoms with Gasteiger partial charge in [-0.15, -0.1) is 0 Å². The first-order valence-electron chi connectivity index (χ1n) is 9.33. The highest BCUT2D eigenvalue weighted by molar-refractivity contribution is 5.96. The molecule has 0 saturated carbocycles. The largest absolute Gasteiger partial charge is 0.455 e. The summed E-state index contributed by atoms with van der Waals surface area (Å²) in [6.07, 6.45) is 5.38. The number of hydrogen-bond donors (Lipinski definition) is 0. The summed E-state index contributed by atoms with van der Waals surface area (Å²) in [4.78, 5) is 26.4. The van der Waals surface area contributed by atoms with Gasteiger partial charge in [-0.05, 0) is 36.6 Å². The Morgan fingerprint density at radius 2 is 1.82 bits per heavy atom. The average Bonchev–Trinajstić information content (AvgIpc) is 3.20. The standard InChI is InChI=1S/C22H21N3O3/c26-21(24-12-6-8-18-7-4-5-11-20(18)24)16-28-22(27)13-17-14-23-25(15-17)19-9-2-1-3-10-19/h1-5,7,9-11,14-15H,6,8,12-13,16H2. The SMILES string of the molecule is O=C(Cc1cnn(-c2ccccc2)c1)OCC(=O)N1CCCc2ccccc21. The number of amides is 1. The van der Waals surface area contributed by atoms with Crippen molar-refractivity contribution in [3.8, 4) is 5.69 Å². The summed E-state index contributed by atoms with van der Waals surface area (Å²) in [5, 5.41) is 4.27. The van der Waals surface area contributed by atoms with Crippen molar-refractivity contribution in [3.05, 3.63) is 78.1 Å². The molecule has 4 rings (SSSR count). The van der Waals surface area contributed by atoms with Gasteiger partial charge in [-0.3, -0.25) is 9.59 Å². The van der Waals surface area contributed by atoms with Gasteiger partial charge >= 0.3 is 5.97 Å². The minimum atomic E-state index is -0.439. The molecule has 2 aromatic carbocycles. The highest BCUT2D eigenvalue weighted by atomic mass is 16.5. The Hall–Kier alpha value is -3.41. The molecule has 0 N–H and O–H groups in total. The van der Waals surface area contributed by atoms with Gasteiger partial charge in [-0.2, -0.15) is 5.10 Å². The van der Waals surface area contributed by atoms with Crippen LogP contribution in [-0.2, 0) is 27.2 Å². The number of anilines is 1. The zero-order chi connectivity index (χ0) is 19.3. The number of carbonyl (C=O) groups is 2. The fraction of sp³-hybridized carbons (Fsp3) is 0.227. The Morgan fingerprint density at radius 1 is 1.04 bits per heavy atom. The molecule has 6 nitrogen and oxygen atoms in total. The zero-order valence-electron chi connectivity index (χ0n) is 15.5. The molecular weight excluding hydrogens is 354 g/mol. The van der Waals surface area contributed by atoms with Crippen molar-refractivity contribution < 1.29 is 14.3 Å². The van der Waals surface area contributed by atoms with E-state index in [2.05, 4.69) is 5.10 Å². The predicted octanol–water partition coefficient (Wildman–Crippen LogP) is 2.94. The second kappa shape index (κ2) is 8.08. The molecule has 28 heavy (non-hydrogen) atoms. The maximum Gasteiger partial charge on any atom is 0.310 e. The van der Waals surface area contributed by atoms with Crippen LogP contribution < -0.4 is 4.90 Å². The monoisotopic (exact) mass is 375 g/mol. The summed E-state index contributed by atoms with van der Waals surface area (Å²) in [6, 6.07) is 17.5. The number of hydrogen-bond acceptors (Lipinski definition) is 4. The van der Waals surface area contributed by atoms with Gasteiger partial charge in [0.2, 0.25) is 0 Å². The summed E-state index contributed by atoms with van der Waals surface area (Å²) >= 11 is 0. The van der Waals surface area contributed by atoms with Crippen molar-refractivity contribution in [1.82, 2.24) is 9.78 Å². The van der Waals surface area contributed by atoms with Crippen molar-refractivity contribution in [2.24, 2.45) is 0 Å². The first kappa shape index (κ1) is 18.0. The molecular formula is C22H21N3O3. The lowest BCUT2D eigenvalue weighted by Crippen LogP contribution is -2.38. The fourth-order valence-electron chi connectivity index (χ4n) is 3.40. The number of benzene rings is 2. The van der Waals surface area contributed by atoms with Crippen LogP contribution in [0, 0.1) is 0 Å². The van der Waals surface area contributed by atoms with Gasteiger partial charge in [0, 0.05) is 24.0 Å². The first-order valence-corrected chi connectivity index (χ1v) is 9.33. The lowest BCUT2D eigenvalue weighted by Gasteiger charge is -2.29. The van der Waals surface area contributed by atoms with Crippen molar-refractivity contribution >= 4 is 17.6 Å². The zero-order valence-corrected chi connectivity index (χ0v) is 15.5. The molecule has 6 heteroatoms. The van der Waals surface area contributed by atoms with E-state index >= 15 is 0 Å². The smallest absolute Gasteiger partial charge is 0.310 e. The number of fused-ring (bicyclic) bond motifs is 1. The van der Waals surface area contributed by atoms with Crippen LogP contribution in [0.4, 0.5) is 5.69 Å². The minimum Gasteiger partial charge on any atom is -0.455 e. The van der Waals surface area contributed by atoms with Gasteiger partial charge in [0.05, 0.1) is 18.3 Å². The van der Waals surface area contributed by atoms with Crippen LogP contribution in [0.3, 0.4) is 0 Å². The van der Waals surface area contributed by atoms with E-state index in [0.29, 0.717) is 6.54 Å². The molecule has 1 aliphatic heterocycles. The Kier molecular flexibility index (Phi) is 5.19. The van der Waals surface area contributed by atoms with Gasteiger partial charge in [0.25, 0.3) is 5.91 Å².